The number of nitrogens with one attached hydrogen (secondary N) is 1. The van der Waals surface area contributed by atoms with Gasteiger partial charge < -0.3 is 19.5 Å². The van der Waals surface area contributed by atoms with Crippen molar-refractivity contribution in [1.29, 1.82) is 0 Å². The maximum absolute atomic E-state index is 12.3. The van der Waals surface area contributed by atoms with E-state index in [1.54, 1.807) is 30.0 Å². The molecule has 2 heterocycles. The molecule has 0 atom stereocenters. The van der Waals surface area contributed by atoms with Crippen LogP contribution in [0.3, 0.4) is 0 Å². The van der Waals surface area contributed by atoms with Crippen molar-refractivity contribution in [3.63, 3.8) is 0 Å². The summed E-state index contributed by atoms with van der Waals surface area (Å²) < 4.78 is 17.3. The molecule has 0 spiro atoms. The van der Waals surface area contributed by atoms with Crippen LogP contribution in [0.5, 0.6) is 17.2 Å². The van der Waals surface area contributed by atoms with Crippen molar-refractivity contribution < 1.29 is 19.0 Å². The van der Waals surface area contributed by atoms with Gasteiger partial charge in [-0.15, -0.1) is 5.10 Å². The van der Waals surface area contributed by atoms with Crippen LogP contribution in [0.2, 0.25) is 0 Å². The Kier molecular flexibility index (Phi) is 4.61. The Morgan fingerprint density at radius 1 is 1.19 bits per heavy atom. The van der Waals surface area contributed by atoms with Crippen molar-refractivity contribution in [3.8, 4) is 17.2 Å². The van der Waals surface area contributed by atoms with Crippen LogP contribution in [0.25, 0.3) is 0 Å². The molecule has 1 aliphatic heterocycles. The van der Waals surface area contributed by atoms with Gasteiger partial charge in [0, 0.05) is 12.0 Å². The van der Waals surface area contributed by atoms with Crippen LogP contribution in [-0.4, -0.2) is 34.8 Å². The van der Waals surface area contributed by atoms with E-state index in [2.05, 4.69) is 15.6 Å². The van der Waals surface area contributed by atoms with Crippen LogP contribution in [0.4, 0.5) is 0 Å². The minimum absolute atomic E-state index is 0.177. The zero-order valence-electron chi connectivity index (χ0n) is 14.7. The summed E-state index contributed by atoms with van der Waals surface area (Å²) in [5.41, 5.74) is 2.42. The molecule has 0 unspecified atom stereocenters. The van der Waals surface area contributed by atoms with Crippen molar-refractivity contribution in [3.05, 3.63) is 65.5 Å². The van der Waals surface area contributed by atoms with Crippen LogP contribution in [0.1, 0.15) is 21.6 Å². The molecule has 0 fully saturated rings. The van der Waals surface area contributed by atoms with Crippen LogP contribution in [0.15, 0.2) is 48.7 Å². The lowest BCUT2D eigenvalue weighted by molar-refractivity contribution is 0.0939. The zero-order valence-corrected chi connectivity index (χ0v) is 14.7. The molecular formula is C19H18N4O4. The van der Waals surface area contributed by atoms with Gasteiger partial charge in [0.05, 0.1) is 19.0 Å². The summed E-state index contributed by atoms with van der Waals surface area (Å²) in [5.74, 6) is 1.81. The lowest BCUT2D eigenvalue weighted by Crippen LogP contribution is -2.26. The number of nitrogens with zero attached hydrogens (tertiary/aromatic N) is 3. The van der Waals surface area contributed by atoms with E-state index in [0.29, 0.717) is 23.5 Å². The standard InChI is InChI=1S/C19H18N4O4/c1-25-16-5-2-13(3-6-16)8-15-10-23(22-21-15)11-20-19(24)14-4-7-17-18(9-14)27-12-26-17/h2-7,9-10H,8,11-12H2,1H3,(H,20,24). The van der Waals surface area contributed by atoms with E-state index in [4.69, 9.17) is 14.2 Å². The molecule has 3 aromatic rings. The Balaban J connectivity index is 1.34. The molecule has 0 aliphatic carbocycles. The smallest absolute Gasteiger partial charge is 0.252 e. The topological polar surface area (TPSA) is 87.5 Å². The van der Waals surface area contributed by atoms with Crippen LogP contribution in [-0.2, 0) is 13.1 Å². The number of hydrogen-bond donors (Lipinski definition) is 1. The average molecular weight is 366 g/mol. The van der Waals surface area contributed by atoms with Crippen molar-refractivity contribution in [2.45, 2.75) is 13.1 Å². The SMILES string of the molecule is COc1ccc(Cc2cn(CNC(=O)c3ccc4c(c3)OCO4)nn2)cc1. The van der Waals surface area contributed by atoms with Crippen LogP contribution >= 0.6 is 0 Å². The van der Waals surface area contributed by atoms with E-state index in [1.807, 2.05) is 30.5 Å². The van der Waals surface area contributed by atoms with Gasteiger partial charge in [-0.1, -0.05) is 17.3 Å². The van der Waals surface area contributed by atoms with Gasteiger partial charge in [0.15, 0.2) is 11.5 Å². The number of methoxy groups -OCH3 is 1. The average Bonchev–Trinajstić information content (AvgIpc) is 3.35. The molecule has 4 rings (SSSR count). The molecule has 0 saturated heterocycles. The number of carbonyl (C=O) groups is 1. The molecule has 1 amide bonds. The van der Waals surface area contributed by atoms with Crippen LogP contribution < -0.4 is 19.5 Å². The first-order valence-electron chi connectivity index (χ1n) is 8.41. The van der Waals surface area contributed by atoms with Gasteiger partial charge in [-0.05, 0) is 35.9 Å². The molecule has 27 heavy (non-hydrogen) atoms. The Bertz CT molecular complexity index is 953. The van der Waals surface area contributed by atoms with E-state index in [0.717, 1.165) is 17.0 Å². The van der Waals surface area contributed by atoms with Gasteiger partial charge >= 0.3 is 0 Å². The number of fused-ring (bicyclic) bond motifs is 1. The molecule has 0 saturated carbocycles. The molecule has 0 radical (unpaired) electrons. The third kappa shape index (κ3) is 3.84. The summed E-state index contributed by atoms with van der Waals surface area (Å²) >= 11 is 0. The third-order valence-electron chi connectivity index (χ3n) is 4.17. The second-order valence-corrected chi connectivity index (χ2v) is 6.01. The number of aromatic nitrogens is 3. The number of hydrogen-bond acceptors (Lipinski definition) is 6. The molecule has 8 heteroatoms. The van der Waals surface area contributed by atoms with Gasteiger partial charge in [-0.25, -0.2) is 4.68 Å². The number of ether oxygens (including phenoxy) is 3. The number of benzene rings is 2. The highest BCUT2D eigenvalue weighted by molar-refractivity contribution is 5.94. The normalized spacial score (nSPS) is 12.0. The summed E-state index contributed by atoms with van der Waals surface area (Å²) in [6.07, 6.45) is 2.46. The first kappa shape index (κ1) is 16.9. The molecule has 8 nitrogen and oxygen atoms in total. The minimum Gasteiger partial charge on any atom is -0.497 e. The molecule has 1 N–H and O–H groups in total. The van der Waals surface area contributed by atoms with Crippen molar-refractivity contribution in [2.75, 3.05) is 13.9 Å². The number of carbonyl (C=O) groups excluding carboxylic acids is 1. The molecular weight excluding hydrogens is 348 g/mol. The minimum atomic E-state index is -0.222. The van der Waals surface area contributed by atoms with Gasteiger partial charge in [0.25, 0.3) is 5.91 Å². The highest BCUT2D eigenvalue weighted by Crippen LogP contribution is 2.32. The Morgan fingerprint density at radius 3 is 2.81 bits per heavy atom. The summed E-state index contributed by atoms with van der Waals surface area (Å²) in [6, 6.07) is 12.9. The molecule has 1 aromatic heterocycles. The van der Waals surface area contributed by atoms with Gasteiger partial charge in [-0.2, -0.15) is 0 Å². The highest BCUT2D eigenvalue weighted by atomic mass is 16.7. The highest BCUT2D eigenvalue weighted by Gasteiger charge is 2.16. The maximum atomic E-state index is 12.3. The molecule has 138 valence electrons. The first-order valence-corrected chi connectivity index (χ1v) is 8.41. The Morgan fingerprint density at radius 2 is 2.00 bits per heavy atom. The summed E-state index contributed by atoms with van der Waals surface area (Å²) in [5, 5.41) is 11.0. The van der Waals surface area contributed by atoms with Crippen molar-refractivity contribution in [1.82, 2.24) is 20.3 Å². The van der Waals surface area contributed by atoms with Gasteiger partial charge in [0.2, 0.25) is 6.79 Å². The first-order chi connectivity index (χ1) is 13.2. The fourth-order valence-corrected chi connectivity index (χ4v) is 2.74. The Hall–Kier alpha value is -3.55. The summed E-state index contributed by atoms with van der Waals surface area (Å²) in [4.78, 5) is 12.3. The van der Waals surface area contributed by atoms with E-state index in [9.17, 15) is 4.79 Å². The predicted molar refractivity (Wildman–Crippen MR) is 95.9 cm³/mol. The summed E-state index contributed by atoms with van der Waals surface area (Å²) in [6.45, 7) is 0.402. The monoisotopic (exact) mass is 366 g/mol. The van der Waals surface area contributed by atoms with Crippen LogP contribution in [0, 0.1) is 0 Å². The summed E-state index contributed by atoms with van der Waals surface area (Å²) in [7, 11) is 1.64. The second-order valence-electron chi connectivity index (χ2n) is 6.01. The quantitative estimate of drug-likeness (QED) is 0.718. The van der Waals surface area contributed by atoms with E-state index >= 15 is 0 Å². The fraction of sp³-hybridized carbons (Fsp3) is 0.211. The maximum Gasteiger partial charge on any atom is 0.252 e. The Labute approximate surface area is 155 Å². The molecule has 2 aromatic carbocycles. The van der Waals surface area contributed by atoms with Gasteiger partial charge in [-0.3, -0.25) is 4.79 Å². The van der Waals surface area contributed by atoms with Crippen molar-refractivity contribution in [2.24, 2.45) is 0 Å². The lowest BCUT2D eigenvalue weighted by atomic mass is 10.1. The largest absolute Gasteiger partial charge is 0.497 e. The fourth-order valence-electron chi connectivity index (χ4n) is 2.74. The van der Waals surface area contributed by atoms with E-state index in [1.165, 1.54) is 0 Å². The predicted octanol–water partition coefficient (Wildman–Crippen LogP) is 1.99. The number of amides is 1. The lowest BCUT2D eigenvalue weighted by Gasteiger charge is -2.05. The van der Waals surface area contributed by atoms with E-state index in [-0.39, 0.29) is 19.4 Å². The molecule has 1 aliphatic rings. The van der Waals surface area contributed by atoms with E-state index < -0.39 is 0 Å². The second kappa shape index (κ2) is 7.36. The zero-order chi connectivity index (χ0) is 18.6. The molecule has 0 bridgehead atoms. The third-order valence-corrected chi connectivity index (χ3v) is 4.17. The van der Waals surface area contributed by atoms with Crippen molar-refractivity contribution >= 4 is 5.91 Å². The van der Waals surface area contributed by atoms with Gasteiger partial charge in [0.1, 0.15) is 12.4 Å². The number of rotatable bonds is 6.